The van der Waals surface area contributed by atoms with Crippen molar-refractivity contribution in [2.75, 3.05) is 7.05 Å². The third-order valence-corrected chi connectivity index (χ3v) is 3.84. The van der Waals surface area contributed by atoms with Gasteiger partial charge in [0.05, 0.1) is 6.42 Å². The van der Waals surface area contributed by atoms with Gasteiger partial charge < -0.3 is 0 Å². The second-order valence-electron chi connectivity index (χ2n) is 4.82. The molecule has 0 bridgehead atoms. The molecule has 3 N–H and O–H groups in total. The second kappa shape index (κ2) is 7.19. The van der Waals surface area contributed by atoms with Crippen LogP contribution >= 0.6 is 11.3 Å². The van der Waals surface area contributed by atoms with E-state index in [2.05, 4.69) is 40.3 Å². The van der Waals surface area contributed by atoms with E-state index in [0.29, 0.717) is 6.42 Å². The lowest BCUT2D eigenvalue weighted by Gasteiger charge is -2.18. The average Bonchev–Trinajstić information content (AvgIpc) is 2.93. The van der Waals surface area contributed by atoms with Crippen molar-refractivity contribution in [2.45, 2.75) is 19.5 Å². The Hall–Kier alpha value is -1.69. The molecular formula is C15H19N3OS. The van der Waals surface area contributed by atoms with Gasteiger partial charge >= 0.3 is 0 Å². The van der Waals surface area contributed by atoms with E-state index in [-0.39, 0.29) is 5.91 Å². The predicted molar refractivity (Wildman–Crippen MR) is 82.0 cm³/mol. The molecule has 2 rings (SSSR count). The molecule has 1 heterocycles. The highest BCUT2D eigenvalue weighted by Crippen LogP contribution is 2.14. The molecule has 20 heavy (non-hydrogen) atoms. The van der Waals surface area contributed by atoms with Crippen LogP contribution in [-0.2, 0) is 24.3 Å². The minimum absolute atomic E-state index is 0.169. The fraction of sp³-hybridized carbons (Fsp3) is 0.267. The first-order valence-corrected chi connectivity index (χ1v) is 7.39. The lowest BCUT2D eigenvalue weighted by Crippen LogP contribution is -2.31. The standard InChI is InChI=1S/C15H19N3OS/c1-18(9-12-6-7-20-11-12)10-14-5-3-2-4-13(14)8-15(19)17-16/h2-7,11H,8-10,16H2,1H3,(H,17,19). The van der Waals surface area contributed by atoms with E-state index in [1.165, 1.54) is 5.56 Å². The Kier molecular flexibility index (Phi) is 5.29. The van der Waals surface area contributed by atoms with Gasteiger partial charge in [0.15, 0.2) is 0 Å². The Morgan fingerprint density at radius 1 is 1.25 bits per heavy atom. The average molecular weight is 289 g/mol. The van der Waals surface area contributed by atoms with Gasteiger partial charge in [0.25, 0.3) is 0 Å². The van der Waals surface area contributed by atoms with Crippen molar-refractivity contribution >= 4 is 17.2 Å². The summed E-state index contributed by atoms with van der Waals surface area (Å²) < 4.78 is 0. The summed E-state index contributed by atoms with van der Waals surface area (Å²) in [6.07, 6.45) is 0.318. The predicted octanol–water partition coefficient (Wildman–Crippen LogP) is 1.91. The van der Waals surface area contributed by atoms with Crippen LogP contribution in [0, 0.1) is 0 Å². The molecule has 1 aromatic heterocycles. The molecule has 1 aromatic carbocycles. The third-order valence-electron chi connectivity index (χ3n) is 3.10. The van der Waals surface area contributed by atoms with Gasteiger partial charge in [0.2, 0.25) is 5.91 Å². The number of amides is 1. The first-order valence-electron chi connectivity index (χ1n) is 6.45. The molecule has 0 aliphatic carbocycles. The Labute approximate surface area is 123 Å². The number of carbonyl (C=O) groups excluding carboxylic acids is 1. The Morgan fingerprint density at radius 3 is 2.65 bits per heavy atom. The molecule has 0 saturated heterocycles. The maximum atomic E-state index is 11.4. The Balaban J connectivity index is 2.02. The van der Waals surface area contributed by atoms with Crippen LogP contribution in [0.3, 0.4) is 0 Å². The molecule has 5 heteroatoms. The Bertz CT molecular complexity index is 554. The summed E-state index contributed by atoms with van der Waals surface area (Å²) in [5.41, 5.74) is 5.68. The molecule has 0 fully saturated rings. The van der Waals surface area contributed by atoms with Crippen LogP contribution in [0.2, 0.25) is 0 Å². The van der Waals surface area contributed by atoms with Crippen LogP contribution < -0.4 is 11.3 Å². The normalized spacial score (nSPS) is 10.8. The number of rotatable bonds is 6. The quantitative estimate of drug-likeness (QED) is 0.485. The monoisotopic (exact) mass is 289 g/mol. The number of hydrogen-bond donors (Lipinski definition) is 2. The molecule has 0 radical (unpaired) electrons. The van der Waals surface area contributed by atoms with Crippen molar-refractivity contribution in [3.05, 3.63) is 57.8 Å². The molecule has 0 aliphatic heterocycles. The van der Waals surface area contributed by atoms with Gasteiger partial charge in [-0.15, -0.1) is 0 Å². The molecule has 0 saturated carbocycles. The van der Waals surface area contributed by atoms with Crippen LogP contribution in [0.5, 0.6) is 0 Å². The third kappa shape index (κ3) is 4.16. The zero-order valence-electron chi connectivity index (χ0n) is 11.5. The van der Waals surface area contributed by atoms with E-state index < -0.39 is 0 Å². The van der Waals surface area contributed by atoms with Gasteiger partial charge in [-0.05, 0) is 40.6 Å². The van der Waals surface area contributed by atoms with Crippen LogP contribution in [0.4, 0.5) is 0 Å². The van der Waals surface area contributed by atoms with Crippen LogP contribution in [0.1, 0.15) is 16.7 Å². The molecule has 0 spiro atoms. The van der Waals surface area contributed by atoms with Crippen LogP contribution in [0.25, 0.3) is 0 Å². The van der Waals surface area contributed by atoms with E-state index in [4.69, 9.17) is 5.84 Å². The van der Waals surface area contributed by atoms with E-state index in [0.717, 1.165) is 24.2 Å². The van der Waals surface area contributed by atoms with Crippen molar-refractivity contribution < 1.29 is 4.79 Å². The summed E-state index contributed by atoms with van der Waals surface area (Å²) in [6.45, 7) is 1.71. The smallest absolute Gasteiger partial charge is 0.238 e. The highest BCUT2D eigenvalue weighted by Gasteiger charge is 2.09. The van der Waals surface area contributed by atoms with E-state index in [9.17, 15) is 4.79 Å². The van der Waals surface area contributed by atoms with Crippen LogP contribution in [-0.4, -0.2) is 17.9 Å². The number of nitrogens with two attached hydrogens (primary N) is 1. The van der Waals surface area contributed by atoms with Crippen molar-refractivity contribution in [3.63, 3.8) is 0 Å². The van der Waals surface area contributed by atoms with Crippen LogP contribution in [0.15, 0.2) is 41.1 Å². The van der Waals surface area contributed by atoms with Crippen molar-refractivity contribution in [2.24, 2.45) is 5.84 Å². The summed E-state index contributed by atoms with van der Waals surface area (Å²) in [6, 6.07) is 10.1. The molecular weight excluding hydrogens is 270 g/mol. The highest BCUT2D eigenvalue weighted by molar-refractivity contribution is 7.07. The molecule has 0 aliphatic rings. The molecule has 0 atom stereocenters. The summed E-state index contributed by atoms with van der Waals surface area (Å²) in [7, 11) is 2.08. The van der Waals surface area contributed by atoms with Gasteiger partial charge in [0.1, 0.15) is 0 Å². The fourth-order valence-electron chi connectivity index (χ4n) is 2.15. The molecule has 4 nitrogen and oxygen atoms in total. The zero-order chi connectivity index (χ0) is 14.4. The summed E-state index contributed by atoms with van der Waals surface area (Å²) >= 11 is 1.71. The fourth-order valence-corrected chi connectivity index (χ4v) is 2.81. The van der Waals surface area contributed by atoms with Gasteiger partial charge in [-0.1, -0.05) is 24.3 Å². The molecule has 1 amide bonds. The van der Waals surface area contributed by atoms with Gasteiger partial charge in [-0.2, -0.15) is 11.3 Å². The topological polar surface area (TPSA) is 58.4 Å². The largest absolute Gasteiger partial charge is 0.298 e. The van der Waals surface area contributed by atoms with Gasteiger partial charge in [-0.3, -0.25) is 15.1 Å². The van der Waals surface area contributed by atoms with E-state index >= 15 is 0 Å². The minimum atomic E-state index is -0.169. The highest BCUT2D eigenvalue weighted by atomic mass is 32.1. The minimum Gasteiger partial charge on any atom is -0.298 e. The summed E-state index contributed by atoms with van der Waals surface area (Å²) in [4.78, 5) is 13.7. The Morgan fingerprint density at radius 2 is 2.00 bits per heavy atom. The maximum Gasteiger partial charge on any atom is 0.238 e. The van der Waals surface area contributed by atoms with Crippen molar-refractivity contribution in [3.8, 4) is 0 Å². The summed E-state index contributed by atoms with van der Waals surface area (Å²) in [5.74, 6) is 4.98. The first-order chi connectivity index (χ1) is 9.69. The number of hydrogen-bond acceptors (Lipinski definition) is 4. The molecule has 2 aromatic rings. The van der Waals surface area contributed by atoms with E-state index in [1.807, 2.05) is 18.2 Å². The number of hydrazine groups is 1. The first kappa shape index (κ1) is 14.7. The van der Waals surface area contributed by atoms with Crippen molar-refractivity contribution in [1.29, 1.82) is 0 Å². The lowest BCUT2D eigenvalue weighted by atomic mass is 10.0. The number of nitrogens with one attached hydrogen (secondary N) is 1. The van der Waals surface area contributed by atoms with E-state index in [1.54, 1.807) is 11.3 Å². The molecule has 106 valence electrons. The maximum absolute atomic E-state index is 11.4. The molecule has 0 unspecified atom stereocenters. The summed E-state index contributed by atoms with van der Waals surface area (Å²) in [5, 5.41) is 4.24. The number of carbonyl (C=O) groups is 1. The SMILES string of the molecule is CN(Cc1ccsc1)Cc1ccccc1CC(=O)NN. The van der Waals surface area contributed by atoms with Crippen molar-refractivity contribution in [1.82, 2.24) is 10.3 Å². The zero-order valence-corrected chi connectivity index (χ0v) is 12.3. The van der Waals surface area contributed by atoms with Gasteiger partial charge in [-0.25, -0.2) is 5.84 Å². The number of benzene rings is 1. The lowest BCUT2D eigenvalue weighted by molar-refractivity contribution is -0.120. The number of thiophene rings is 1. The number of nitrogens with zero attached hydrogens (tertiary/aromatic N) is 1. The van der Waals surface area contributed by atoms with Gasteiger partial charge in [0, 0.05) is 13.1 Å². The second-order valence-corrected chi connectivity index (χ2v) is 5.60.